The Hall–Kier alpha value is -2.06. The fourth-order valence-electron chi connectivity index (χ4n) is 2.66. The third-order valence-corrected chi connectivity index (χ3v) is 3.89. The van der Waals surface area contributed by atoms with Crippen LogP contribution in [-0.4, -0.2) is 42.8 Å². The second kappa shape index (κ2) is 9.29. The van der Waals surface area contributed by atoms with Gasteiger partial charge in [0.1, 0.15) is 5.56 Å². The van der Waals surface area contributed by atoms with E-state index < -0.39 is 22.1 Å². The summed E-state index contributed by atoms with van der Waals surface area (Å²) in [5.41, 5.74) is -0.926. The molecule has 0 aliphatic carbocycles. The lowest BCUT2D eigenvalue weighted by Crippen LogP contribution is -2.10. The zero-order valence-corrected chi connectivity index (χ0v) is 14.1. The summed E-state index contributed by atoms with van der Waals surface area (Å²) >= 11 is 0. The van der Waals surface area contributed by atoms with Gasteiger partial charge in [-0.05, 0) is 38.3 Å². The lowest BCUT2D eigenvalue weighted by molar-refractivity contribution is -0.385. The van der Waals surface area contributed by atoms with E-state index in [-0.39, 0.29) is 23.9 Å². The second-order valence-corrected chi connectivity index (χ2v) is 5.43. The molecule has 0 amide bonds. The predicted molar refractivity (Wildman–Crippen MR) is 89.6 cm³/mol. The van der Waals surface area contributed by atoms with Crippen molar-refractivity contribution in [3.63, 3.8) is 0 Å². The minimum Gasteiger partial charge on any atom is -0.493 e. The van der Waals surface area contributed by atoms with Crippen LogP contribution in [0.5, 0.6) is 11.5 Å². The molecule has 1 unspecified atom stereocenters. The Kier molecular flexibility index (Phi) is 7.73. The molecular weight excluding hydrogens is 340 g/mol. The molecule has 8 nitrogen and oxygen atoms in total. The van der Waals surface area contributed by atoms with Crippen molar-refractivity contribution in [2.75, 3.05) is 26.8 Å². The van der Waals surface area contributed by atoms with Gasteiger partial charge in [-0.25, -0.2) is 4.79 Å². The summed E-state index contributed by atoms with van der Waals surface area (Å²) in [6, 6.07) is 2.23. The highest BCUT2D eigenvalue weighted by Crippen LogP contribution is 2.35. The predicted octanol–water partition coefficient (Wildman–Crippen LogP) is 2.49. The number of methoxy groups -OCH3 is 1. The lowest BCUT2D eigenvalue weighted by atomic mass is 10.0. The van der Waals surface area contributed by atoms with Crippen LogP contribution in [0, 0.1) is 16.0 Å². The van der Waals surface area contributed by atoms with Gasteiger partial charge in [0, 0.05) is 6.07 Å². The number of nitro benzene ring substituents is 1. The van der Waals surface area contributed by atoms with Crippen molar-refractivity contribution in [2.24, 2.45) is 5.92 Å². The first kappa shape index (κ1) is 20.0. The maximum Gasteiger partial charge on any atom is 0.342 e. The fraction of sp³-hybridized carbons (Fsp3) is 0.533. The minimum absolute atomic E-state index is 0. The van der Waals surface area contributed by atoms with Crippen LogP contribution < -0.4 is 14.8 Å². The van der Waals surface area contributed by atoms with E-state index >= 15 is 0 Å². The molecule has 0 radical (unpaired) electrons. The summed E-state index contributed by atoms with van der Waals surface area (Å²) in [4.78, 5) is 21.4. The van der Waals surface area contributed by atoms with Gasteiger partial charge in [0.2, 0.25) is 0 Å². The summed E-state index contributed by atoms with van der Waals surface area (Å²) in [5.74, 6) is -0.371. The van der Waals surface area contributed by atoms with E-state index in [0.29, 0.717) is 12.5 Å². The Bertz CT molecular complexity index is 590. The van der Waals surface area contributed by atoms with Crippen molar-refractivity contribution in [2.45, 2.75) is 19.3 Å². The number of benzene rings is 1. The van der Waals surface area contributed by atoms with Crippen molar-refractivity contribution in [3.8, 4) is 11.5 Å². The number of nitrogens with one attached hydrogen (secondary N) is 1. The first-order valence-corrected chi connectivity index (χ1v) is 7.46. The first-order valence-electron chi connectivity index (χ1n) is 7.46. The number of carboxylic acids is 1. The van der Waals surface area contributed by atoms with Gasteiger partial charge < -0.3 is 19.9 Å². The maximum absolute atomic E-state index is 11.1. The van der Waals surface area contributed by atoms with Gasteiger partial charge in [0.25, 0.3) is 5.69 Å². The summed E-state index contributed by atoms with van der Waals surface area (Å²) in [5, 5.41) is 23.4. The molecule has 1 aliphatic rings. The first-order chi connectivity index (χ1) is 11.0. The van der Waals surface area contributed by atoms with E-state index in [1.54, 1.807) is 0 Å². The number of carboxylic acid groups (broad SMARTS) is 1. The molecule has 1 aliphatic heterocycles. The number of nitrogens with zero attached hydrogens (tertiary/aromatic N) is 1. The third kappa shape index (κ3) is 4.97. The molecule has 1 heterocycles. The molecule has 1 fully saturated rings. The summed E-state index contributed by atoms with van der Waals surface area (Å²) in [6.07, 6.45) is 3.00. The van der Waals surface area contributed by atoms with E-state index in [2.05, 4.69) is 5.32 Å². The third-order valence-electron chi connectivity index (χ3n) is 3.89. The molecule has 1 saturated heterocycles. The number of halogens is 1. The van der Waals surface area contributed by atoms with Gasteiger partial charge in [-0.15, -0.1) is 12.4 Å². The molecule has 9 heteroatoms. The maximum atomic E-state index is 11.1. The van der Waals surface area contributed by atoms with E-state index in [1.807, 2.05) is 0 Å². The molecule has 1 atom stereocenters. The quantitative estimate of drug-likeness (QED) is 0.416. The number of carbonyl (C=O) groups is 1. The highest BCUT2D eigenvalue weighted by molar-refractivity contribution is 5.93. The van der Waals surface area contributed by atoms with Crippen molar-refractivity contribution in [1.82, 2.24) is 5.32 Å². The molecular formula is C15H21ClN2O6. The highest BCUT2D eigenvalue weighted by Gasteiger charge is 2.24. The average Bonchev–Trinajstić information content (AvgIpc) is 3.03. The van der Waals surface area contributed by atoms with Crippen LogP contribution >= 0.6 is 12.4 Å². The topological polar surface area (TPSA) is 111 Å². The molecule has 0 bridgehead atoms. The summed E-state index contributed by atoms with van der Waals surface area (Å²) in [7, 11) is 1.36. The van der Waals surface area contributed by atoms with Crippen LogP contribution in [0.25, 0.3) is 0 Å². The Labute approximate surface area is 145 Å². The molecule has 0 aromatic heterocycles. The van der Waals surface area contributed by atoms with Crippen molar-refractivity contribution in [3.05, 3.63) is 27.8 Å². The van der Waals surface area contributed by atoms with Gasteiger partial charge in [-0.2, -0.15) is 0 Å². The highest BCUT2D eigenvalue weighted by atomic mass is 35.5. The van der Waals surface area contributed by atoms with Crippen LogP contribution in [0.4, 0.5) is 5.69 Å². The smallest absolute Gasteiger partial charge is 0.342 e. The molecule has 0 saturated carbocycles. The molecule has 134 valence electrons. The van der Waals surface area contributed by atoms with Crippen molar-refractivity contribution in [1.29, 1.82) is 0 Å². The van der Waals surface area contributed by atoms with Crippen LogP contribution in [0.1, 0.15) is 29.6 Å². The van der Waals surface area contributed by atoms with Crippen LogP contribution in [0.3, 0.4) is 0 Å². The SMILES string of the molecule is COc1cc(C(=O)O)c([N+](=O)[O-])cc1OCCCC1CCNC1.Cl. The van der Waals surface area contributed by atoms with Gasteiger partial charge in [-0.1, -0.05) is 0 Å². The molecule has 1 aromatic carbocycles. The molecule has 1 aromatic rings. The molecule has 2 N–H and O–H groups in total. The number of nitro groups is 1. The monoisotopic (exact) mass is 360 g/mol. The standard InChI is InChI=1S/C15H20N2O6.ClH/c1-22-13-7-11(15(18)19)12(17(20)21)8-14(13)23-6-2-3-10-4-5-16-9-10;/h7-8,10,16H,2-6,9H2,1H3,(H,18,19);1H. The minimum atomic E-state index is -1.38. The summed E-state index contributed by atoms with van der Waals surface area (Å²) in [6.45, 7) is 2.46. The molecule has 0 spiro atoms. The zero-order valence-electron chi connectivity index (χ0n) is 13.3. The normalized spacial score (nSPS) is 16.3. The number of ether oxygens (including phenoxy) is 2. The van der Waals surface area contributed by atoms with Crippen LogP contribution in [0.15, 0.2) is 12.1 Å². The van der Waals surface area contributed by atoms with E-state index in [0.717, 1.165) is 44.5 Å². The number of rotatable bonds is 8. The Morgan fingerprint density at radius 1 is 1.46 bits per heavy atom. The van der Waals surface area contributed by atoms with Gasteiger partial charge in [0.05, 0.1) is 24.7 Å². The zero-order chi connectivity index (χ0) is 16.8. The molecule has 24 heavy (non-hydrogen) atoms. The van der Waals surface area contributed by atoms with Gasteiger partial charge >= 0.3 is 5.97 Å². The number of aromatic carboxylic acids is 1. The fourth-order valence-corrected chi connectivity index (χ4v) is 2.66. The molecule has 2 rings (SSSR count). The second-order valence-electron chi connectivity index (χ2n) is 5.43. The van der Waals surface area contributed by atoms with Gasteiger partial charge in [0.15, 0.2) is 11.5 Å². The van der Waals surface area contributed by atoms with E-state index in [1.165, 1.54) is 7.11 Å². The summed E-state index contributed by atoms with van der Waals surface area (Å²) < 4.78 is 10.7. The van der Waals surface area contributed by atoms with E-state index in [4.69, 9.17) is 14.6 Å². The average molecular weight is 361 g/mol. The van der Waals surface area contributed by atoms with Crippen LogP contribution in [0.2, 0.25) is 0 Å². The lowest BCUT2D eigenvalue weighted by Gasteiger charge is -2.13. The largest absolute Gasteiger partial charge is 0.493 e. The van der Waals surface area contributed by atoms with Gasteiger partial charge in [-0.3, -0.25) is 10.1 Å². The number of hydrogen-bond donors (Lipinski definition) is 2. The Balaban J connectivity index is 0.00000288. The van der Waals surface area contributed by atoms with Crippen molar-refractivity contribution >= 4 is 24.1 Å². The van der Waals surface area contributed by atoms with Crippen molar-refractivity contribution < 1.29 is 24.3 Å². The Morgan fingerprint density at radius 2 is 2.21 bits per heavy atom. The van der Waals surface area contributed by atoms with Crippen LogP contribution in [-0.2, 0) is 0 Å². The number of hydrogen-bond acceptors (Lipinski definition) is 6. The van der Waals surface area contributed by atoms with E-state index in [9.17, 15) is 14.9 Å². The Morgan fingerprint density at radius 3 is 2.75 bits per heavy atom.